The van der Waals surface area contributed by atoms with Crippen molar-refractivity contribution in [1.29, 1.82) is 0 Å². The number of likely N-dealkylation sites (N-methyl/N-ethyl adjacent to an activating group) is 2. The summed E-state index contributed by atoms with van der Waals surface area (Å²) >= 11 is 1.63. The number of benzene rings is 1. The maximum atomic E-state index is 4.74. The summed E-state index contributed by atoms with van der Waals surface area (Å²) in [4.78, 5) is 20.6. The molecule has 6 rings (SSSR count). The van der Waals surface area contributed by atoms with Gasteiger partial charge in [-0.25, -0.2) is 4.98 Å². The first-order chi connectivity index (χ1) is 15.9. The zero-order valence-corrected chi connectivity index (χ0v) is 20.7. The molecule has 3 atom stereocenters. The van der Waals surface area contributed by atoms with E-state index >= 15 is 0 Å². The number of fused-ring (bicyclic) bond motifs is 3. The average Bonchev–Trinajstić information content (AvgIpc) is 3.29. The molecule has 0 aliphatic heterocycles. The molecule has 3 aliphatic carbocycles. The minimum absolute atomic E-state index is 0.476. The fourth-order valence-electron chi connectivity index (χ4n) is 5.54. The van der Waals surface area contributed by atoms with Crippen LogP contribution in [0.15, 0.2) is 23.7 Å². The second kappa shape index (κ2) is 9.02. The predicted molar refractivity (Wildman–Crippen MR) is 137 cm³/mol. The fourth-order valence-corrected chi connectivity index (χ4v) is 6.26. The van der Waals surface area contributed by atoms with Crippen molar-refractivity contribution in [1.82, 2.24) is 25.3 Å². The normalized spacial score (nSPS) is 23.2. The van der Waals surface area contributed by atoms with Gasteiger partial charge < -0.3 is 20.9 Å². The number of aromatic nitrogens is 4. The lowest BCUT2D eigenvalue weighted by Gasteiger charge is -2.60. The summed E-state index contributed by atoms with van der Waals surface area (Å²) in [6, 6.07) is 6.12. The summed E-state index contributed by atoms with van der Waals surface area (Å²) in [5, 5.41) is 10.1. The van der Waals surface area contributed by atoms with Crippen LogP contribution in [0.1, 0.15) is 33.1 Å². The van der Waals surface area contributed by atoms with Gasteiger partial charge in [-0.1, -0.05) is 13.8 Å². The molecule has 2 bridgehead atoms. The summed E-state index contributed by atoms with van der Waals surface area (Å²) in [6.07, 6.45) is 4.02. The van der Waals surface area contributed by atoms with Gasteiger partial charge in [-0.3, -0.25) is 0 Å². The lowest BCUT2D eigenvalue weighted by atomic mass is 9.45. The molecule has 2 heterocycles. The SMILES string of the molecule is CNCCN(C)c1nc(NCC2CCC3C[C@@H]2C3(C)C)nc(Nc2ccc3ncsc3c2)n1. The van der Waals surface area contributed by atoms with Gasteiger partial charge in [-0.2, -0.15) is 15.0 Å². The van der Waals surface area contributed by atoms with Crippen LogP contribution >= 0.6 is 11.3 Å². The molecule has 3 aliphatic rings. The van der Waals surface area contributed by atoms with Crippen molar-refractivity contribution < 1.29 is 0 Å². The molecule has 2 unspecified atom stereocenters. The van der Waals surface area contributed by atoms with E-state index in [1.807, 2.05) is 31.7 Å². The van der Waals surface area contributed by atoms with E-state index < -0.39 is 0 Å². The summed E-state index contributed by atoms with van der Waals surface area (Å²) in [5.74, 6) is 4.24. The van der Waals surface area contributed by atoms with E-state index in [2.05, 4.69) is 45.7 Å². The molecule has 3 aromatic rings. The van der Waals surface area contributed by atoms with Crippen LogP contribution in [-0.2, 0) is 0 Å². The highest BCUT2D eigenvalue weighted by Crippen LogP contribution is 2.61. The summed E-state index contributed by atoms with van der Waals surface area (Å²) < 4.78 is 1.14. The van der Waals surface area contributed by atoms with Crippen molar-refractivity contribution in [2.24, 2.45) is 23.2 Å². The smallest absolute Gasteiger partial charge is 0.233 e. The van der Waals surface area contributed by atoms with Gasteiger partial charge in [0.25, 0.3) is 0 Å². The fraction of sp³-hybridized carbons (Fsp3) is 0.583. The maximum absolute atomic E-state index is 4.74. The quantitative estimate of drug-likeness (QED) is 0.428. The number of hydrogen-bond donors (Lipinski definition) is 3. The lowest BCUT2D eigenvalue weighted by Crippen LogP contribution is -2.53. The Bertz CT molecular complexity index is 1110. The topological polar surface area (TPSA) is 90.9 Å². The van der Waals surface area contributed by atoms with E-state index in [0.29, 0.717) is 29.2 Å². The van der Waals surface area contributed by atoms with Crippen LogP contribution < -0.4 is 20.9 Å². The number of thiazole rings is 1. The molecule has 33 heavy (non-hydrogen) atoms. The first-order valence-electron chi connectivity index (χ1n) is 11.9. The molecule has 0 amide bonds. The Balaban J connectivity index is 1.35. The van der Waals surface area contributed by atoms with Crippen LogP contribution in [0.4, 0.5) is 23.5 Å². The van der Waals surface area contributed by atoms with E-state index in [-0.39, 0.29) is 0 Å². The number of hydrogen-bond acceptors (Lipinski definition) is 9. The highest BCUT2D eigenvalue weighted by atomic mass is 32.1. The van der Waals surface area contributed by atoms with Crippen molar-refractivity contribution in [2.45, 2.75) is 33.1 Å². The Morgan fingerprint density at radius 2 is 2.00 bits per heavy atom. The zero-order valence-electron chi connectivity index (χ0n) is 19.9. The molecule has 1 aromatic carbocycles. The Labute approximate surface area is 199 Å². The summed E-state index contributed by atoms with van der Waals surface area (Å²) in [5.41, 5.74) is 4.29. The van der Waals surface area contributed by atoms with Crippen LogP contribution in [0.5, 0.6) is 0 Å². The second-order valence-electron chi connectivity index (χ2n) is 10.0. The summed E-state index contributed by atoms with van der Waals surface area (Å²) in [6.45, 7) is 7.47. The van der Waals surface area contributed by atoms with E-state index in [1.54, 1.807) is 11.3 Å². The molecule has 0 spiro atoms. The molecular formula is C24H34N8S. The molecule has 3 N–H and O–H groups in total. The minimum atomic E-state index is 0.476. The van der Waals surface area contributed by atoms with E-state index in [1.165, 1.54) is 19.3 Å². The minimum Gasteiger partial charge on any atom is -0.354 e. The van der Waals surface area contributed by atoms with Crippen molar-refractivity contribution in [3.05, 3.63) is 23.7 Å². The van der Waals surface area contributed by atoms with E-state index in [0.717, 1.165) is 47.4 Å². The van der Waals surface area contributed by atoms with Crippen molar-refractivity contribution in [3.63, 3.8) is 0 Å². The van der Waals surface area contributed by atoms with E-state index in [9.17, 15) is 0 Å². The zero-order chi connectivity index (χ0) is 23.0. The number of anilines is 4. The predicted octanol–water partition coefficient (Wildman–Crippen LogP) is 4.36. The molecule has 0 radical (unpaired) electrons. The largest absolute Gasteiger partial charge is 0.354 e. The molecule has 3 fully saturated rings. The van der Waals surface area contributed by atoms with Crippen molar-refractivity contribution >= 4 is 45.1 Å². The second-order valence-corrected chi connectivity index (χ2v) is 10.9. The summed E-state index contributed by atoms with van der Waals surface area (Å²) in [7, 11) is 3.97. The number of rotatable bonds is 9. The van der Waals surface area contributed by atoms with Gasteiger partial charge in [0.2, 0.25) is 17.8 Å². The monoisotopic (exact) mass is 466 g/mol. The number of nitrogens with one attached hydrogen (secondary N) is 3. The highest BCUT2D eigenvalue weighted by Gasteiger charge is 2.53. The molecule has 3 saturated carbocycles. The maximum Gasteiger partial charge on any atom is 0.233 e. The van der Waals surface area contributed by atoms with Crippen molar-refractivity contribution in [2.75, 3.05) is 49.3 Å². The van der Waals surface area contributed by atoms with Gasteiger partial charge in [0, 0.05) is 32.4 Å². The lowest BCUT2D eigenvalue weighted by molar-refractivity contribution is -0.100. The molecule has 9 heteroatoms. The third kappa shape index (κ3) is 4.48. The van der Waals surface area contributed by atoms with E-state index in [4.69, 9.17) is 15.0 Å². The molecular weight excluding hydrogens is 432 g/mol. The number of nitrogens with zero attached hydrogens (tertiary/aromatic N) is 5. The first-order valence-corrected chi connectivity index (χ1v) is 12.8. The van der Waals surface area contributed by atoms with Gasteiger partial charge in [-0.05, 0) is 67.7 Å². The Morgan fingerprint density at radius 3 is 2.79 bits per heavy atom. The van der Waals surface area contributed by atoms with Crippen molar-refractivity contribution in [3.8, 4) is 0 Å². The van der Waals surface area contributed by atoms with Gasteiger partial charge in [0.1, 0.15) is 0 Å². The molecule has 0 saturated heterocycles. The highest BCUT2D eigenvalue weighted by molar-refractivity contribution is 7.16. The van der Waals surface area contributed by atoms with Crippen LogP contribution in [-0.4, -0.2) is 53.7 Å². The third-order valence-electron chi connectivity index (χ3n) is 7.77. The van der Waals surface area contributed by atoms with Gasteiger partial charge >= 0.3 is 0 Å². The average molecular weight is 467 g/mol. The Hall–Kier alpha value is -2.52. The van der Waals surface area contributed by atoms with Crippen LogP contribution in [0.2, 0.25) is 0 Å². The van der Waals surface area contributed by atoms with Gasteiger partial charge in [0.15, 0.2) is 0 Å². The van der Waals surface area contributed by atoms with Crippen LogP contribution in [0.25, 0.3) is 10.2 Å². The Kier molecular flexibility index (Phi) is 6.09. The third-order valence-corrected chi connectivity index (χ3v) is 8.57. The standard InChI is InChI=1S/C24H34N8S/c1-24(2)16-6-5-15(18(24)11-16)13-26-21-29-22(31-23(30-21)32(4)10-9-25-3)28-17-7-8-19-20(12-17)33-14-27-19/h7-8,12,14-16,18,25H,5-6,9-11,13H2,1-4H3,(H2,26,28,29,30,31)/t15?,16?,18-/m0/s1. The Morgan fingerprint density at radius 1 is 1.15 bits per heavy atom. The van der Waals surface area contributed by atoms with Gasteiger partial charge in [0.05, 0.1) is 15.7 Å². The molecule has 8 nitrogen and oxygen atoms in total. The molecule has 2 aromatic heterocycles. The van der Waals surface area contributed by atoms with Crippen LogP contribution in [0.3, 0.4) is 0 Å². The molecule has 176 valence electrons. The first kappa shape index (κ1) is 22.3. The van der Waals surface area contributed by atoms with Gasteiger partial charge in [-0.15, -0.1) is 11.3 Å². The van der Waals surface area contributed by atoms with Crippen LogP contribution in [0, 0.1) is 23.2 Å².